The summed E-state index contributed by atoms with van der Waals surface area (Å²) in [5.41, 5.74) is 0.181. The Hall–Kier alpha value is -3.29. The van der Waals surface area contributed by atoms with Crippen LogP contribution in [0.25, 0.3) is 0 Å². The minimum Gasteiger partial charge on any atom is -0.486 e. The number of benzene rings is 3. The number of hydrogen-bond acceptors (Lipinski definition) is 3. The van der Waals surface area contributed by atoms with Gasteiger partial charge in [0.2, 0.25) is 0 Å². The molecular weight excluding hydrogens is 398 g/mol. The second-order valence-electron chi connectivity index (χ2n) is 7.39. The van der Waals surface area contributed by atoms with Crippen LogP contribution in [0.15, 0.2) is 84.9 Å². The van der Waals surface area contributed by atoms with E-state index in [4.69, 9.17) is 16.3 Å². The van der Waals surface area contributed by atoms with Crippen molar-refractivity contribution in [3.05, 3.63) is 101 Å². The van der Waals surface area contributed by atoms with E-state index in [2.05, 4.69) is 6.07 Å². The highest BCUT2D eigenvalue weighted by molar-refractivity contribution is 6.30. The maximum absolute atomic E-state index is 12.2. The highest BCUT2D eigenvalue weighted by Gasteiger charge is 2.43. The summed E-state index contributed by atoms with van der Waals surface area (Å²) in [5, 5.41) is 20.6. The van der Waals surface area contributed by atoms with E-state index in [-0.39, 0.29) is 6.42 Å². The number of aliphatic carboxylic acids is 1. The zero-order chi connectivity index (χ0) is 21.6. The van der Waals surface area contributed by atoms with Gasteiger partial charge in [-0.15, -0.1) is 0 Å². The molecule has 0 aliphatic heterocycles. The van der Waals surface area contributed by atoms with Crippen molar-refractivity contribution < 1.29 is 14.6 Å². The predicted octanol–water partition coefficient (Wildman–Crippen LogP) is 6.25. The van der Waals surface area contributed by atoms with Crippen LogP contribution in [0.1, 0.15) is 36.5 Å². The lowest BCUT2D eigenvalue weighted by molar-refractivity contribution is -0.141. The van der Waals surface area contributed by atoms with Crippen molar-refractivity contribution in [1.82, 2.24) is 0 Å². The molecule has 4 nitrogen and oxygen atoms in total. The number of carboxylic acid groups (broad SMARTS) is 1. The molecule has 0 bridgehead atoms. The summed E-state index contributed by atoms with van der Waals surface area (Å²) in [7, 11) is 0. The number of nitrogens with zero attached hydrogens (tertiary/aromatic N) is 1. The molecule has 3 unspecified atom stereocenters. The molecule has 3 aromatic carbocycles. The summed E-state index contributed by atoms with van der Waals surface area (Å²) >= 11 is 5.97. The molecule has 3 atom stereocenters. The Kier molecular flexibility index (Phi) is 6.76. The third-order valence-electron chi connectivity index (χ3n) is 5.15. The van der Waals surface area contributed by atoms with Crippen molar-refractivity contribution in [3.63, 3.8) is 0 Å². The van der Waals surface area contributed by atoms with E-state index in [1.54, 1.807) is 31.2 Å². The van der Waals surface area contributed by atoms with E-state index < -0.39 is 23.4 Å². The standard InChI is InChI=1S/C25H22ClNO3/c1-25(17-27,23(24(28)29)19-12-14-20(26)15-13-19)16-22(18-8-4-2-5-9-18)30-21-10-6-3-7-11-21/h2-15,22-23H,16H2,1H3,(H,28,29). The molecule has 1 N–H and O–H groups in total. The fourth-order valence-corrected chi connectivity index (χ4v) is 3.74. The first-order valence-electron chi connectivity index (χ1n) is 9.59. The van der Waals surface area contributed by atoms with Crippen molar-refractivity contribution in [3.8, 4) is 11.8 Å². The van der Waals surface area contributed by atoms with Gasteiger partial charge in [0, 0.05) is 11.4 Å². The summed E-state index contributed by atoms with van der Waals surface area (Å²) in [6.07, 6.45) is -0.297. The zero-order valence-corrected chi connectivity index (χ0v) is 17.3. The van der Waals surface area contributed by atoms with Gasteiger partial charge < -0.3 is 9.84 Å². The van der Waals surface area contributed by atoms with Crippen LogP contribution in [0.3, 0.4) is 0 Å². The van der Waals surface area contributed by atoms with E-state index in [0.717, 1.165) is 5.56 Å². The number of carbonyl (C=O) groups is 1. The average molecular weight is 420 g/mol. The van der Waals surface area contributed by atoms with Gasteiger partial charge in [-0.05, 0) is 42.3 Å². The minimum atomic E-state index is -1.23. The van der Waals surface area contributed by atoms with Crippen LogP contribution in [-0.2, 0) is 4.79 Å². The molecule has 3 aromatic rings. The van der Waals surface area contributed by atoms with Crippen LogP contribution in [0.4, 0.5) is 0 Å². The molecule has 152 valence electrons. The van der Waals surface area contributed by atoms with Crippen molar-refractivity contribution in [2.45, 2.75) is 25.4 Å². The number of halogens is 1. The zero-order valence-electron chi connectivity index (χ0n) is 16.5. The maximum atomic E-state index is 12.2. The Morgan fingerprint density at radius 1 is 1.00 bits per heavy atom. The molecule has 0 heterocycles. The lowest BCUT2D eigenvalue weighted by Crippen LogP contribution is -2.33. The van der Waals surface area contributed by atoms with Gasteiger partial charge in [0.25, 0.3) is 0 Å². The third-order valence-corrected chi connectivity index (χ3v) is 5.40. The maximum Gasteiger partial charge on any atom is 0.312 e. The molecule has 3 rings (SSSR count). The SMILES string of the molecule is CC(C#N)(CC(Oc1ccccc1)c1ccccc1)C(C(=O)O)c1ccc(Cl)cc1. The Labute approximate surface area is 181 Å². The summed E-state index contributed by atoms with van der Waals surface area (Å²) in [6.45, 7) is 1.67. The first-order chi connectivity index (χ1) is 14.4. The summed E-state index contributed by atoms with van der Waals surface area (Å²) in [5.74, 6) is -1.44. The summed E-state index contributed by atoms with van der Waals surface area (Å²) in [4.78, 5) is 12.2. The molecule has 0 aliphatic rings. The number of carboxylic acids is 1. The molecule has 0 fully saturated rings. The molecule has 0 saturated carbocycles. The van der Waals surface area contributed by atoms with Crippen LogP contribution in [0.5, 0.6) is 5.75 Å². The quantitative estimate of drug-likeness (QED) is 0.468. The molecular formula is C25H22ClNO3. The van der Waals surface area contributed by atoms with Crippen molar-refractivity contribution in [1.29, 1.82) is 5.26 Å². The van der Waals surface area contributed by atoms with Gasteiger partial charge in [-0.1, -0.05) is 72.3 Å². The first kappa shape index (κ1) is 21.4. The molecule has 0 spiro atoms. The van der Waals surface area contributed by atoms with Crippen LogP contribution in [0.2, 0.25) is 5.02 Å². The highest BCUT2D eigenvalue weighted by Crippen LogP contribution is 2.44. The van der Waals surface area contributed by atoms with Gasteiger partial charge in [-0.25, -0.2) is 0 Å². The van der Waals surface area contributed by atoms with Gasteiger partial charge in [0.15, 0.2) is 0 Å². The summed E-state index contributed by atoms with van der Waals surface area (Å²) < 4.78 is 6.22. The van der Waals surface area contributed by atoms with Crippen LogP contribution in [-0.4, -0.2) is 11.1 Å². The number of rotatable bonds is 8. The van der Waals surface area contributed by atoms with E-state index in [9.17, 15) is 15.2 Å². The first-order valence-corrected chi connectivity index (χ1v) is 9.97. The second-order valence-corrected chi connectivity index (χ2v) is 7.82. The van der Waals surface area contributed by atoms with Gasteiger partial charge in [-0.2, -0.15) is 5.26 Å². The Morgan fingerprint density at radius 2 is 1.57 bits per heavy atom. The van der Waals surface area contributed by atoms with Crippen molar-refractivity contribution >= 4 is 17.6 Å². The molecule has 5 heteroatoms. The lowest BCUT2D eigenvalue weighted by atomic mass is 9.70. The fourth-order valence-electron chi connectivity index (χ4n) is 3.61. The van der Waals surface area contributed by atoms with Crippen molar-refractivity contribution in [2.75, 3.05) is 0 Å². The van der Waals surface area contributed by atoms with Crippen molar-refractivity contribution in [2.24, 2.45) is 5.41 Å². The smallest absolute Gasteiger partial charge is 0.312 e. The van der Waals surface area contributed by atoms with Crippen LogP contribution in [0, 0.1) is 16.7 Å². The topological polar surface area (TPSA) is 70.3 Å². The molecule has 30 heavy (non-hydrogen) atoms. The second kappa shape index (κ2) is 9.47. The molecule has 0 amide bonds. The lowest BCUT2D eigenvalue weighted by Gasteiger charge is -2.33. The Bertz CT molecular complexity index is 1020. The molecule has 0 aliphatic carbocycles. The normalized spacial score (nSPS) is 14.7. The minimum absolute atomic E-state index is 0.196. The van der Waals surface area contributed by atoms with Gasteiger partial charge >= 0.3 is 5.97 Å². The largest absolute Gasteiger partial charge is 0.486 e. The number of nitriles is 1. The predicted molar refractivity (Wildman–Crippen MR) is 116 cm³/mol. The fraction of sp³-hybridized carbons (Fsp3) is 0.200. The van der Waals surface area contributed by atoms with E-state index in [1.807, 2.05) is 60.7 Å². The van der Waals surface area contributed by atoms with E-state index in [0.29, 0.717) is 16.3 Å². The van der Waals surface area contributed by atoms with E-state index in [1.165, 1.54) is 0 Å². The van der Waals surface area contributed by atoms with Gasteiger partial charge in [0.05, 0.1) is 11.5 Å². The monoisotopic (exact) mass is 419 g/mol. The number of hydrogen-bond donors (Lipinski definition) is 1. The highest BCUT2D eigenvalue weighted by atomic mass is 35.5. The summed E-state index contributed by atoms with van der Waals surface area (Å²) in [6, 6.07) is 27.7. The number of ether oxygens (including phenoxy) is 1. The van der Waals surface area contributed by atoms with Crippen LogP contribution >= 0.6 is 11.6 Å². The molecule has 0 aromatic heterocycles. The number of para-hydroxylation sites is 1. The molecule has 0 saturated heterocycles. The molecule has 0 radical (unpaired) electrons. The third kappa shape index (κ3) is 5.00. The van der Waals surface area contributed by atoms with E-state index >= 15 is 0 Å². The van der Waals surface area contributed by atoms with Gasteiger partial charge in [0.1, 0.15) is 17.8 Å². The average Bonchev–Trinajstić information content (AvgIpc) is 2.76. The Morgan fingerprint density at radius 3 is 2.10 bits per heavy atom. The van der Waals surface area contributed by atoms with Gasteiger partial charge in [-0.3, -0.25) is 4.79 Å². The van der Waals surface area contributed by atoms with Crippen LogP contribution < -0.4 is 4.74 Å². The Balaban J connectivity index is 1.99.